The van der Waals surface area contributed by atoms with Crippen LogP contribution in [0.25, 0.3) is 11.0 Å². The molecule has 0 bridgehead atoms. The molecular formula is C15H14FN3O2S. The van der Waals surface area contributed by atoms with E-state index in [2.05, 4.69) is 15.3 Å². The molecule has 0 aliphatic heterocycles. The van der Waals surface area contributed by atoms with Crippen molar-refractivity contribution in [1.29, 1.82) is 0 Å². The molecule has 3 rings (SSSR count). The third-order valence-electron chi connectivity index (χ3n) is 3.38. The average Bonchev–Trinajstić information content (AvgIpc) is 3.14. The lowest BCUT2D eigenvalue weighted by atomic mass is 10.0. The van der Waals surface area contributed by atoms with Gasteiger partial charge >= 0.3 is 0 Å². The third kappa shape index (κ3) is 2.72. The Hall–Kier alpha value is -2.25. The average molecular weight is 319 g/mol. The van der Waals surface area contributed by atoms with Gasteiger partial charge in [0.05, 0.1) is 24.0 Å². The fraction of sp³-hybridized carbons (Fsp3) is 0.200. The predicted molar refractivity (Wildman–Crippen MR) is 82.3 cm³/mol. The number of nitrogens with one attached hydrogen (secondary N) is 2. The topological polar surface area (TPSA) is 78.0 Å². The standard InChI is InChI=1S/C15H14FN3O2S/c1-15(21,12-3-2-4-22-12)7-17-14(20)10-5-9(16)6-11-13(10)19-8-18-11/h2-6,8,21H,7H2,1H3,(H,17,20)(H,18,19). The van der Waals surface area contributed by atoms with E-state index in [1.807, 2.05) is 11.4 Å². The fourth-order valence-corrected chi connectivity index (χ4v) is 2.99. The van der Waals surface area contributed by atoms with Crippen LogP contribution in [0.5, 0.6) is 0 Å². The van der Waals surface area contributed by atoms with Gasteiger partial charge in [0, 0.05) is 4.88 Å². The van der Waals surface area contributed by atoms with Crippen LogP contribution in [0.1, 0.15) is 22.2 Å². The van der Waals surface area contributed by atoms with E-state index in [0.717, 1.165) is 10.9 Å². The normalized spacial score (nSPS) is 14.0. The SMILES string of the molecule is CC(O)(CNC(=O)c1cc(F)cc2[nH]cnc12)c1cccs1. The summed E-state index contributed by atoms with van der Waals surface area (Å²) in [4.78, 5) is 19.8. The monoisotopic (exact) mass is 319 g/mol. The molecule has 1 atom stereocenters. The zero-order valence-corrected chi connectivity index (χ0v) is 12.6. The number of hydrogen-bond acceptors (Lipinski definition) is 4. The van der Waals surface area contributed by atoms with Crippen LogP contribution in [-0.2, 0) is 5.60 Å². The zero-order valence-electron chi connectivity index (χ0n) is 11.8. The first-order chi connectivity index (χ1) is 10.5. The van der Waals surface area contributed by atoms with E-state index in [9.17, 15) is 14.3 Å². The molecular weight excluding hydrogens is 305 g/mol. The minimum absolute atomic E-state index is 0.0226. The summed E-state index contributed by atoms with van der Waals surface area (Å²) < 4.78 is 13.6. The maximum Gasteiger partial charge on any atom is 0.253 e. The third-order valence-corrected chi connectivity index (χ3v) is 4.50. The minimum Gasteiger partial charge on any atom is -0.383 e. The quantitative estimate of drug-likeness (QED) is 0.691. The first-order valence-electron chi connectivity index (χ1n) is 6.64. The summed E-state index contributed by atoms with van der Waals surface area (Å²) in [5.74, 6) is -1.000. The largest absolute Gasteiger partial charge is 0.383 e. The van der Waals surface area contributed by atoms with E-state index in [1.54, 1.807) is 13.0 Å². The molecule has 3 aromatic rings. The summed E-state index contributed by atoms with van der Waals surface area (Å²) in [5.41, 5.74) is -0.190. The van der Waals surface area contributed by atoms with Gasteiger partial charge in [0.15, 0.2) is 0 Å². The summed E-state index contributed by atoms with van der Waals surface area (Å²) in [7, 11) is 0. The van der Waals surface area contributed by atoms with E-state index in [-0.39, 0.29) is 12.1 Å². The molecule has 0 spiro atoms. The van der Waals surface area contributed by atoms with Gasteiger partial charge in [0.2, 0.25) is 0 Å². The number of carbonyl (C=O) groups excluding carboxylic acids is 1. The van der Waals surface area contributed by atoms with Gasteiger partial charge in [-0.2, -0.15) is 0 Å². The molecule has 1 unspecified atom stereocenters. The lowest BCUT2D eigenvalue weighted by molar-refractivity contribution is 0.0557. The molecule has 22 heavy (non-hydrogen) atoms. The molecule has 2 aromatic heterocycles. The van der Waals surface area contributed by atoms with Crippen molar-refractivity contribution in [2.75, 3.05) is 6.54 Å². The number of H-pyrrole nitrogens is 1. The Labute approximate surface area is 129 Å². The summed E-state index contributed by atoms with van der Waals surface area (Å²) in [6.07, 6.45) is 1.41. The Kier molecular flexibility index (Phi) is 3.67. The number of rotatable bonds is 4. The van der Waals surface area contributed by atoms with Crippen molar-refractivity contribution in [3.8, 4) is 0 Å². The number of amides is 1. The van der Waals surface area contributed by atoms with Gasteiger partial charge in [0.25, 0.3) is 5.91 Å². The molecule has 2 heterocycles. The lowest BCUT2D eigenvalue weighted by Crippen LogP contribution is -2.38. The number of nitrogens with zero attached hydrogens (tertiary/aromatic N) is 1. The van der Waals surface area contributed by atoms with Gasteiger partial charge < -0.3 is 15.4 Å². The van der Waals surface area contributed by atoms with Crippen molar-refractivity contribution < 1.29 is 14.3 Å². The Morgan fingerprint density at radius 1 is 1.55 bits per heavy atom. The van der Waals surface area contributed by atoms with Gasteiger partial charge in [-0.1, -0.05) is 6.07 Å². The van der Waals surface area contributed by atoms with Gasteiger partial charge in [-0.25, -0.2) is 9.37 Å². The van der Waals surface area contributed by atoms with Crippen molar-refractivity contribution in [3.05, 3.63) is 52.2 Å². The number of aromatic nitrogens is 2. The molecule has 3 N–H and O–H groups in total. The smallest absolute Gasteiger partial charge is 0.253 e. The zero-order chi connectivity index (χ0) is 15.7. The molecule has 1 aromatic carbocycles. The maximum absolute atomic E-state index is 13.6. The van der Waals surface area contributed by atoms with Crippen molar-refractivity contribution in [2.24, 2.45) is 0 Å². The van der Waals surface area contributed by atoms with Crippen LogP contribution in [0.15, 0.2) is 36.0 Å². The molecule has 0 radical (unpaired) electrons. The van der Waals surface area contributed by atoms with Gasteiger partial charge in [-0.05, 0) is 30.5 Å². The summed E-state index contributed by atoms with van der Waals surface area (Å²) in [5, 5.41) is 14.9. The number of thiophene rings is 1. The van der Waals surface area contributed by atoms with Crippen LogP contribution < -0.4 is 5.32 Å². The van der Waals surface area contributed by atoms with Crippen LogP contribution >= 0.6 is 11.3 Å². The van der Waals surface area contributed by atoms with Crippen molar-refractivity contribution in [3.63, 3.8) is 0 Å². The summed E-state index contributed by atoms with van der Waals surface area (Å²) in [6, 6.07) is 6.04. The van der Waals surface area contributed by atoms with Crippen LogP contribution in [0, 0.1) is 5.82 Å². The van der Waals surface area contributed by atoms with E-state index in [0.29, 0.717) is 11.0 Å². The summed E-state index contributed by atoms with van der Waals surface area (Å²) >= 11 is 1.41. The number of aliphatic hydroxyl groups is 1. The number of carbonyl (C=O) groups is 1. The molecule has 0 saturated heterocycles. The number of benzene rings is 1. The Morgan fingerprint density at radius 2 is 2.36 bits per heavy atom. The second kappa shape index (κ2) is 5.51. The highest BCUT2D eigenvalue weighted by Crippen LogP contribution is 2.24. The molecule has 1 amide bonds. The molecule has 0 fully saturated rings. The molecule has 7 heteroatoms. The van der Waals surface area contributed by atoms with Crippen LogP contribution in [-0.4, -0.2) is 27.5 Å². The second-order valence-electron chi connectivity index (χ2n) is 5.19. The van der Waals surface area contributed by atoms with Gasteiger partial charge in [-0.3, -0.25) is 4.79 Å². The van der Waals surface area contributed by atoms with Crippen molar-refractivity contribution in [2.45, 2.75) is 12.5 Å². The maximum atomic E-state index is 13.6. The Morgan fingerprint density at radius 3 is 3.09 bits per heavy atom. The van der Waals surface area contributed by atoms with Crippen molar-refractivity contribution in [1.82, 2.24) is 15.3 Å². The van der Waals surface area contributed by atoms with Gasteiger partial charge in [0.1, 0.15) is 16.9 Å². The molecule has 0 aliphatic rings. The predicted octanol–water partition coefficient (Wildman–Crippen LogP) is 2.40. The van der Waals surface area contributed by atoms with E-state index >= 15 is 0 Å². The van der Waals surface area contributed by atoms with E-state index < -0.39 is 17.3 Å². The highest BCUT2D eigenvalue weighted by molar-refractivity contribution is 7.10. The second-order valence-corrected chi connectivity index (χ2v) is 6.13. The first kappa shape index (κ1) is 14.7. The highest BCUT2D eigenvalue weighted by atomic mass is 32.1. The van der Waals surface area contributed by atoms with E-state index in [1.165, 1.54) is 23.7 Å². The molecule has 114 valence electrons. The Balaban J connectivity index is 1.81. The van der Waals surface area contributed by atoms with Crippen LogP contribution in [0.4, 0.5) is 4.39 Å². The van der Waals surface area contributed by atoms with Crippen LogP contribution in [0.3, 0.4) is 0 Å². The molecule has 5 nitrogen and oxygen atoms in total. The van der Waals surface area contributed by atoms with Gasteiger partial charge in [-0.15, -0.1) is 11.3 Å². The first-order valence-corrected chi connectivity index (χ1v) is 7.52. The number of imidazole rings is 1. The molecule has 0 aliphatic carbocycles. The molecule has 0 saturated carbocycles. The van der Waals surface area contributed by atoms with E-state index in [4.69, 9.17) is 0 Å². The number of halogens is 1. The van der Waals surface area contributed by atoms with Crippen molar-refractivity contribution >= 4 is 28.3 Å². The number of aromatic amines is 1. The number of hydrogen-bond donors (Lipinski definition) is 3. The van der Waals surface area contributed by atoms with Crippen LogP contribution in [0.2, 0.25) is 0 Å². The summed E-state index contributed by atoms with van der Waals surface area (Å²) in [6.45, 7) is 1.64. The highest BCUT2D eigenvalue weighted by Gasteiger charge is 2.25. The number of fused-ring (bicyclic) bond motifs is 1. The minimum atomic E-state index is -1.18. The Bertz CT molecular complexity index is 811. The fourth-order valence-electron chi connectivity index (χ4n) is 2.21. The lowest BCUT2D eigenvalue weighted by Gasteiger charge is -2.22.